The third-order valence-corrected chi connectivity index (χ3v) is 3.31. The highest BCUT2D eigenvalue weighted by Crippen LogP contribution is 2.19. The SMILES string of the molecule is CCOC(=O)C(C)(C)N(C)Cc1ccc(OC)cc1. The van der Waals surface area contributed by atoms with Gasteiger partial charge in [-0.3, -0.25) is 9.69 Å². The highest BCUT2D eigenvalue weighted by molar-refractivity contribution is 5.79. The molecular weight excluding hydrogens is 242 g/mol. The van der Waals surface area contributed by atoms with Gasteiger partial charge in [-0.15, -0.1) is 0 Å². The van der Waals surface area contributed by atoms with Crippen LogP contribution in [0.15, 0.2) is 24.3 Å². The topological polar surface area (TPSA) is 38.8 Å². The number of rotatable bonds is 6. The number of likely N-dealkylation sites (N-methyl/N-ethyl adjacent to an activating group) is 1. The van der Waals surface area contributed by atoms with Crippen LogP contribution < -0.4 is 4.74 Å². The zero-order valence-electron chi connectivity index (χ0n) is 12.4. The molecule has 0 aliphatic carbocycles. The summed E-state index contributed by atoms with van der Waals surface area (Å²) in [7, 11) is 3.56. The average Bonchev–Trinajstić information content (AvgIpc) is 2.39. The molecule has 0 aliphatic heterocycles. The number of hydrogen-bond donors (Lipinski definition) is 0. The second-order valence-electron chi connectivity index (χ2n) is 4.98. The van der Waals surface area contributed by atoms with E-state index < -0.39 is 5.54 Å². The zero-order valence-corrected chi connectivity index (χ0v) is 12.4. The van der Waals surface area contributed by atoms with Crippen LogP contribution in [0.4, 0.5) is 0 Å². The van der Waals surface area contributed by atoms with Crippen molar-refractivity contribution in [2.45, 2.75) is 32.9 Å². The predicted octanol–water partition coefficient (Wildman–Crippen LogP) is 2.47. The van der Waals surface area contributed by atoms with E-state index >= 15 is 0 Å². The maximum absolute atomic E-state index is 11.9. The van der Waals surface area contributed by atoms with Crippen LogP contribution in [0.25, 0.3) is 0 Å². The largest absolute Gasteiger partial charge is 0.497 e. The Bertz CT molecular complexity index is 412. The summed E-state index contributed by atoms with van der Waals surface area (Å²) in [6.07, 6.45) is 0. The van der Waals surface area contributed by atoms with Crippen LogP contribution in [-0.2, 0) is 16.1 Å². The number of nitrogens with zero attached hydrogens (tertiary/aromatic N) is 1. The fourth-order valence-electron chi connectivity index (χ4n) is 1.67. The van der Waals surface area contributed by atoms with Gasteiger partial charge < -0.3 is 9.47 Å². The first-order valence-corrected chi connectivity index (χ1v) is 6.43. The van der Waals surface area contributed by atoms with Crippen LogP contribution in [0.1, 0.15) is 26.3 Å². The summed E-state index contributed by atoms with van der Waals surface area (Å²) in [4.78, 5) is 13.9. The molecule has 0 atom stereocenters. The standard InChI is InChI=1S/C15H23NO3/c1-6-19-14(17)15(2,3)16(4)11-12-7-9-13(18-5)10-8-12/h7-10H,6,11H2,1-5H3. The van der Waals surface area contributed by atoms with E-state index in [4.69, 9.17) is 9.47 Å². The molecule has 19 heavy (non-hydrogen) atoms. The summed E-state index contributed by atoms with van der Waals surface area (Å²) < 4.78 is 10.2. The van der Waals surface area contributed by atoms with E-state index in [9.17, 15) is 4.79 Å². The molecule has 0 spiro atoms. The molecule has 4 nitrogen and oxygen atoms in total. The second kappa shape index (κ2) is 6.57. The zero-order chi connectivity index (χ0) is 14.5. The molecule has 1 rings (SSSR count). The highest BCUT2D eigenvalue weighted by atomic mass is 16.5. The smallest absolute Gasteiger partial charge is 0.325 e. The highest BCUT2D eigenvalue weighted by Gasteiger charge is 2.33. The molecule has 0 unspecified atom stereocenters. The van der Waals surface area contributed by atoms with E-state index in [1.165, 1.54) is 0 Å². The maximum atomic E-state index is 11.9. The molecular formula is C15H23NO3. The molecule has 0 aromatic heterocycles. The minimum atomic E-state index is -0.643. The van der Waals surface area contributed by atoms with E-state index in [1.807, 2.05) is 57.0 Å². The first kappa shape index (κ1) is 15.5. The van der Waals surface area contributed by atoms with Crippen LogP contribution in [0.5, 0.6) is 5.75 Å². The van der Waals surface area contributed by atoms with Gasteiger partial charge in [0, 0.05) is 6.54 Å². The van der Waals surface area contributed by atoms with Crippen molar-refractivity contribution in [1.82, 2.24) is 4.90 Å². The Morgan fingerprint density at radius 1 is 1.26 bits per heavy atom. The van der Waals surface area contributed by atoms with E-state index in [2.05, 4.69) is 0 Å². The molecule has 1 aromatic carbocycles. The lowest BCUT2D eigenvalue weighted by atomic mass is 10.0. The molecule has 1 aromatic rings. The van der Waals surface area contributed by atoms with Gasteiger partial charge in [0.2, 0.25) is 0 Å². The first-order chi connectivity index (χ1) is 8.91. The molecule has 106 valence electrons. The molecule has 0 fully saturated rings. The lowest BCUT2D eigenvalue weighted by molar-refractivity contribution is -0.155. The van der Waals surface area contributed by atoms with Crippen molar-refractivity contribution in [3.8, 4) is 5.75 Å². The Hall–Kier alpha value is -1.55. The van der Waals surface area contributed by atoms with Crippen molar-refractivity contribution in [1.29, 1.82) is 0 Å². The number of ether oxygens (including phenoxy) is 2. The molecule has 0 bridgehead atoms. The van der Waals surface area contributed by atoms with Gasteiger partial charge in [-0.2, -0.15) is 0 Å². The predicted molar refractivity (Wildman–Crippen MR) is 75.2 cm³/mol. The fourth-order valence-corrected chi connectivity index (χ4v) is 1.67. The number of carbonyl (C=O) groups excluding carboxylic acids is 1. The van der Waals surface area contributed by atoms with Crippen LogP contribution >= 0.6 is 0 Å². The molecule has 0 amide bonds. The third kappa shape index (κ3) is 3.96. The van der Waals surface area contributed by atoms with Gasteiger partial charge >= 0.3 is 5.97 Å². The Morgan fingerprint density at radius 3 is 2.32 bits per heavy atom. The van der Waals surface area contributed by atoms with Gasteiger partial charge in [-0.1, -0.05) is 12.1 Å². The van der Waals surface area contributed by atoms with E-state index in [0.29, 0.717) is 13.2 Å². The molecule has 4 heteroatoms. The van der Waals surface area contributed by atoms with Gasteiger partial charge in [-0.05, 0) is 45.5 Å². The molecule has 0 saturated heterocycles. The average molecular weight is 265 g/mol. The summed E-state index contributed by atoms with van der Waals surface area (Å²) in [6.45, 7) is 6.63. The first-order valence-electron chi connectivity index (χ1n) is 6.43. The van der Waals surface area contributed by atoms with Gasteiger partial charge in [0.05, 0.1) is 13.7 Å². The molecule has 0 N–H and O–H groups in total. The van der Waals surface area contributed by atoms with Crippen molar-refractivity contribution in [3.63, 3.8) is 0 Å². The molecule has 0 heterocycles. The Kier molecular flexibility index (Phi) is 5.36. The number of carbonyl (C=O) groups is 1. The molecule has 0 aliphatic rings. The number of esters is 1. The van der Waals surface area contributed by atoms with E-state index in [-0.39, 0.29) is 5.97 Å². The summed E-state index contributed by atoms with van der Waals surface area (Å²) in [6, 6.07) is 7.83. The maximum Gasteiger partial charge on any atom is 0.325 e. The normalized spacial score (nSPS) is 11.5. The summed E-state index contributed by atoms with van der Waals surface area (Å²) in [5, 5.41) is 0. The van der Waals surface area contributed by atoms with Crippen molar-refractivity contribution < 1.29 is 14.3 Å². The Labute approximate surface area is 115 Å². The summed E-state index contributed by atoms with van der Waals surface area (Å²) in [5.41, 5.74) is 0.483. The monoisotopic (exact) mass is 265 g/mol. The van der Waals surface area contributed by atoms with Gasteiger partial charge in [0.1, 0.15) is 11.3 Å². The number of benzene rings is 1. The lowest BCUT2D eigenvalue weighted by Crippen LogP contribution is -2.48. The Balaban J connectivity index is 2.71. The van der Waals surface area contributed by atoms with Gasteiger partial charge in [0.25, 0.3) is 0 Å². The van der Waals surface area contributed by atoms with E-state index in [1.54, 1.807) is 7.11 Å². The van der Waals surface area contributed by atoms with Gasteiger partial charge in [0.15, 0.2) is 0 Å². The van der Waals surface area contributed by atoms with Crippen LogP contribution in [0, 0.1) is 0 Å². The molecule has 0 radical (unpaired) electrons. The van der Waals surface area contributed by atoms with Crippen molar-refractivity contribution >= 4 is 5.97 Å². The van der Waals surface area contributed by atoms with E-state index in [0.717, 1.165) is 11.3 Å². The summed E-state index contributed by atoms with van der Waals surface area (Å²) >= 11 is 0. The summed E-state index contributed by atoms with van der Waals surface area (Å²) in [5.74, 6) is 0.627. The number of hydrogen-bond acceptors (Lipinski definition) is 4. The molecule has 0 saturated carbocycles. The number of methoxy groups -OCH3 is 1. The lowest BCUT2D eigenvalue weighted by Gasteiger charge is -2.33. The van der Waals surface area contributed by atoms with Crippen molar-refractivity contribution in [2.24, 2.45) is 0 Å². The Morgan fingerprint density at radius 2 is 1.84 bits per heavy atom. The van der Waals surface area contributed by atoms with Crippen molar-refractivity contribution in [2.75, 3.05) is 20.8 Å². The minimum absolute atomic E-state index is 0.203. The second-order valence-corrected chi connectivity index (χ2v) is 4.98. The van der Waals surface area contributed by atoms with Crippen LogP contribution in [0.3, 0.4) is 0 Å². The van der Waals surface area contributed by atoms with Crippen molar-refractivity contribution in [3.05, 3.63) is 29.8 Å². The quantitative estimate of drug-likeness (QED) is 0.741. The minimum Gasteiger partial charge on any atom is -0.497 e. The van der Waals surface area contributed by atoms with Crippen LogP contribution in [0.2, 0.25) is 0 Å². The third-order valence-electron chi connectivity index (χ3n) is 3.31. The van der Waals surface area contributed by atoms with Gasteiger partial charge in [-0.25, -0.2) is 0 Å². The van der Waals surface area contributed by atoms with Crippen LogP contribution in [-0.4, -0.2) is 37.2 Å². The fraction of sp³-hybridized carbons (Fsp3) is 0.533.